The molecule has 126 valence electrons. The largest absolute Gasteiger partial charge is 0.439 e. The molecule has 0 radical (unpaired) electrons. The number of anilines is 1. The Bertz CT molecular complexity index is 841. The molecule has 0 spiro atoms. The number of ether oxygens (including phenoxy) is 1. The number of hydrogen-bond acceptors (Lipinski definition) is 4. The first kappa shape index (κ1) is 16.9. The van der Waals surface area contributed by atoms with Crippen LogP contribution in [0.15, 0.2) is 71.6 Å². The molecular weight excluding hydrogens is 384 g/mol. The lowest BCUT2D eigenvalue weighted by atomic mass is 10.3. The van der Waals surface area contributed by atoms with Gasteiger partial charge in [0.05, 0.1) is 11.9 Å². The number of amides is 2. The van der Waals surface area contributed by atoms with Gasteiger partial charge in [0.15, 0.2) is 0 Å². The van der Waals surface area contributed by atoms with Gasteiger partial charge in [-0.25, -0.2) is 9.78 Å². The maximum atomic E-state index is 11.9. The van der Waals surface area contributed by atoms with E-state index in [4.69, 9.17) is 4.74 Å². The standard InChI is InChI=1S/C18H15BrN4O2/c19-14-4-1-5-16(9-14)25-17-7-6-15(12-21-17)23-18(24)22-11-13-3-2-8-20-10-13/h1-10,12H,11H2,(H2,22,23,24). The second-order valence-corrected chi connectivity index (χ2v) is 6.03. The van der Waals surface area contributed by atoms with E-state index >= 15 is 0 Å². The lowest BCUT2D eigenvalue weighted by Crippen LogP contribution is -2.28. The summed E-state index contributed by atoms with van der Waals surface area (Å²) in [6.45, 7) is 0.400. The fraction of sp³-hybridized carbons (Fsp3) is 0.0556. The molecule has 0 aliphatic rings. The molecule has 2 N–H and O–H groups in total. The monoisotopic (exact) mass is 398 g/mol. The van der Waals surface area contributed by atoms with E-state index in [9.17, 15) is 4.79 Å². The van der Waals surface area contributed by atoms with E-state index in [0.29, 0.717) is 23.9 Å². The number of aromatic nitrogens is 2. The van der Waals surface area contributed by atoms with Gasteiger partial charge in [0.25, 0.3) is 0 Å². The highest BCUT2D eigenvalue weighted by Crippen LogP contribution is 2.23. The summed E-state index contributed by atoms with van der Waals surface area (Å²) in [5, 5.41) is 5.47. The molecular formula is C18H15BrN4O2. The first-order valence-electron chi connectivity index (χ1n) is 7.52. The minimum Gasteiger partial charge on any atom is -0.439 e. The minimum atomic E-state index is -0.314. The highest BCUT2D eigenvalue weighted by Gasteiger charge is 2.04. The van der Waals surface area contributed by atoms with Gasteiger partial charge in [0.1, 0.15) is 5.75 Å². The van der Waals surface area contributed by atoms with Crippen molar-refractivity contribution in [2.75, 3.05) is 5.32 Å². The van der Waals surface area contributed by atoms with Gasteiger partial charge in [-0.1, -0.05) is 28.1 Å². The van der Waals surface area contributed by atoms with E-state index in [1.54, 1.807) is 24.5 Å². The molecule has 6 nitrogen and oxygen atoms in total. The van der Waals surface area contributed by atoms with Crippen LogP contribution in [0, 0.1) is 0 Å². The Morgan fingerprint density at radius 3 is 2.76 bits per heavy atom. The summed E-state index contributed by atoms with van der Waals surface area (Å²) in [6, 6.07) is 14.3. The Kier molecular flexibility index (Phi) is 5.58. The van der Waals surface area contributed by atoms with Gasteiger partial charge in [0.2, 0.25) is 5.88 Å². The van der Waals surface area contributed by atoms with Gasteiger partial charge in [-0.05, 0) is 35.9 Å². The van der Waals surface area contributed by atoms with Gasteiger partial charge in [-0.3, -0.25) is 4.98 Å². The number of benzene rings is 1. The number of pyridine rings is 2. The number of urea groups is 1. The zero-order valence-corrected chi connectivity index (χ0v) is 14.7. The maximum Gasteiger partial charge on any atom is 0.319 e. The third kappa shape index (κ3) is 5.29. The van der Waals surface area contributed by atoms with E-state index < -0.39 is 0 Å². The van der Waals surface area contributed by atoms with Crippen molar-refractivity contribution in [1.29, 1.82) is 0 Å². The van der Waals surface area contributed by atoms with Crippen LogP contribution in [0.2, 0.25) is 0 Å². The predicted octanol–water partition coefficient (Wildman–Crippen LogP) is 4.35. The van der Waals surface area contributed by atoms with Crippen molar-refractivity contribution in [2.45, 2.75) is 6.54 Å². The normalized spacial score (nSPS) is 10.1. The Hall–Kier alpha value is -2.93. The lowest BCUT2D eigenvalue weighted by Gasteiger charge is -2.08. The number of rotatable bonds is 5. The van der Waals surface area contributed by atoms with E-state index in [2.05, 4.69) is 36.5 Å². The highest BCUT2D eigenvalue weighted by atomic mass is 79.9. The summed E-state index contributed by atoms with van der Waals surface area (Å²) in [5.74, 6) is 1.12. The van der Waals surface area contributed by atoms with Crippen LogP contribution in [0.1, 0.15) is 5.56 Å². The van der Waals surface area contributed by atoms with Crippen LogP contribution in [0.4, 0.5) is 10.5 Å². The molecule has 0 aliphatic heterocycles. The Morgan fingerprint density at radius 2 is 2.04 bits per heavy atom. The number of hydrogen-bond donors (Lipinski definition) is 2. The number of nitrogens with zero attached hydrogens (tertiary/aromatic N) is 2. The van der Waals surface area contributed by atoms with E-state index in [1.165, 1.54) is 6.20 Å². The molecule has 25 heavy (non-hydrogen) atoms. The quantitative estimate of drug-likeness (QED) is 0.669. The minimum absolute atomic E-state index is 0.314. The molecule has 2 amide bonds. The van der Waals surface area contributed by atoms with Gasteiger partial charge in [-0.2, -0.15) is 0 Å². The molecule has 2 heterocycles. The Labute approximate surface area is 153 Å². The molecule has 0 fully saturated rings. The first-order valence-corrected chi connectivity index (χ1v) is 8.31. The fourth-order valence-corrected chi connectivity index (χ4v) is 2.40. The van der Waals surface area contributed by atoms with Gasteiger partial charge >= 0.3 is 6.03 Å². The molecule has 0 saturated carbocycles. The van der Waals surface area contributed by atoms with Crippen LogP contribution in [-0.4, -0.2) is 16.0 Å². The van der Waals surface area contributed by atoms with Crippen molar-refractivity contribution in [3.8, 4) is 11.6 Å². The number of carbonyl (C=O) groups is 1. The van der Waals surface area contributed by atoms with Gasteiger partial charge < -0.3 is 15.4 Å². The smallest absolute Gasteiger partial charge is 0.319 e. The summed E-state index contributed by atoms with van der Waals surface area (Å²) < 4.78 is 6.57. The molecule has 0 atom stereocenters. The van der Waals surface area contributed by atoms with Crippen molar-refractivity contribution in [1.82, 2.24) is 15.3 Å². The van der Waals surface area contributed by atoms with Crippen molar-refractivity contribution in [3.63, 3.8) is 0 Å². The van der Waals surface area contributed by atoms with Crippen molar-refractivity contribution >= 4 is 27.6 Å². The molecule has 0 saturated heterocycles. The highest BCUT2D eigenvalue weighted by molar-refractivity contribution is 9.10. The Balaban J connectivity index is 1.52. The van der Waals surface area contributed by atoms with Crippen molar-refractivity contribution in [2.24, 2.45) is 0 Å². The average Bonchev–Trinajstić information content (AvgIpc) is 2.63. The van der Waals surface area contributed by atoms with Crippen LogP contribution < -0.4 is 15.4 Å². The molecule has 1 aromatic carbocycles. The van der Waals surface area contributed by atoms with Crippen LogP contribution >= 0.6 is 15.9 Å². The first-order chi connectivity index (χ1) is 12.2. The molecule has 3 aromatic rings. The Morgan fingerprint density at radius 1 is 1.12 bits per heavy atom. The molecule has 0 aliphatic carbocycles. The van der Waals surface area contributed by atoms with Crippen LogP contribution in [0.3, 0.4) is 0 Å². The van der Waals surface area contributed by atoms with Gasteiger partial charge in [0, 0.05) is 29.5 Å². The second-order valence-electron chi connectivity index (χ2n) is 5.11. The molecule has 3 rings (SSSR count). The second kappa shape index (κ2) is 8.25. The number of carbonyl (C=O) groups excluding carboxylic acids is 1. The van der Waals surface area contributed by atoms with Crippen LogP contribution in [-0.2, 0) is 6.54 Å². The number of halogens is 1. The topological polar surface area (TPSA) is 76.1 Å². The fourth-order valence-electron chi connectivity index (χ4n) is 2.03. The molecule has 0 bridgehead atoms. The van der Waals surface area contributed by atoms with Crippen LogP contribution in [0.5, 0.6) is 11.6 Å². The maximum absolute atomic E-state index is 11.9. The summed E-state index contributed by atoms with van der Waals surface area (Å²) in [7, 11) is 0. The summed E-state index contributed by atoms with van der Waals surface area (Å²) in [6.07, 6.45) is 4.93. The molecule has 7 heteroatoms. The third-order valence-electron chi connectivity index (χ3n) is 3.19. The van der Waals surface area contributed by atoms with Gasteiger partial charge in [-0.15, -0.1) is 0 Å². The van der Waals surface area contributed by atoms with E-state index in [1.807, 2.05) is 36.4 Å². The van der Waals surface area contributed by atoms with E-state index in [-0.39, 0.29) is 6.03 Å². The van der Waals surface area contributed by atoms with Crippen molar-refractivity contribution in [3.05, 3.63) is 77.2 Å². The SMILES string of the molecule is O=C(NCc1cccnc1)Nc1ccc(Oc2cccc(Br)c2)nc1. The zero-order chi connectivity index (χ0) is 17.5. The summed E-state index contributed by atoms with van der Waals surface area (Å²) in [5.41, 5.74) is 1.50. The van der Waals surface area contributed by atoms with Crippen LogP contribution in [0.25, 0.3) is 0 Å². The summed E-state index contributed by atoms with van der Waals surface area (Å²) in [4.78, 5) is 20.1. The molecule has 0 unspecified atom stereocenters. The molecule has 2 aromatic heterocycles. The van der Waals surface area contributed by atoms with Crippen molar-refractivity contribution < 1.29 is 9.53 Å². The summed E-state index contributed by atoms with van der Waals surface area (Å²) >= 11 is 3.39. The predicted molar refractivity (Wildman–Crippen MR) is 98.5 cm³/mol. The third-order valence-corrected chi connectivity index (χ3v) is 3.68. The lowest BCUT2D eigenvalue weighted by molar-refractivity contribution is 0.251. The average molecular weight is 399 g/mol. The zero-order valence-electron chi connectivity index (χ0n) is 13.1. The number of nitrogens with one attached hydrogen (secondary N) is 2. The van der Waals surface area contributed by atoms with E-state index in [0.717, 1.165) is 10.0 Å².